The first kappa shape index (κ1) is 15.4. The Bertz CT molecular complexity index is 638. The number of aromatic nitrogens is 2. The molecular weight excluding hydrogens is 271 g/mol. The molecule has 0 fully saturated rings. The third-order valence-corrected chi connectivity index (χ3v) is 3.56. The van der Waals surface area contributed by atoms with Crippen molar-refractivity contribution in [1.29, 1.82) is 0 Å². The Balaban J connectivity index is 2.00. The number of nitrogens with zero attached hydrogens (tertiary/aromatic N) is 2. The van der Waals surface area contributed by atoms with E-state index in [9.17, 15) is 9.18 Å². The predicted octanol–water partition coefficient (Wildman–Crippen LogP) is 1.23. The van der Waals surface area contributed by atoms with E-state index in [4.69, 9.17) is 0 Å². The number of amides is 1. The number of carbonyl (C=O) groups is 1. The molecule has 1 heterocycles. The summed E-state index contributed by atoms with van der Waals surface area (Å²) in [6, 6.07) is 4.91. The molecule has 2 rings (SSSR count). The lowest BCUT2D eigenvalue weighted by Gasteiger charge is -2.11. The second kappa shape index (κ2) is 6.67. The Morgan fingerprint density at radius 2 is 2.24 bits per heavy atom. The van der Waals surface area contributed by atoms with Gasteiger partial charge in [-0.15, -0.1) is 0 Å². The van der Waals surface area contributed by atoms with Crippen LogP contribution < -0.4 is 10.6 Å². The highest BCUT2D eigenvalue weighted by atomic mass is 19.1. The van der Waals surface area contributed by atoms with Gasteiger partial charge in [0.15, 0.2) is 5.82 Å². The number of para-hydroxylation sites is 1. The number of fused-ring (bicyclic) bond motifs is 1. The largest absolute Gasteiger partial charge is 0.355 e. The first-order valence-electron chi connectivity index (χ1n) is 7.06. The molecule has 2 N–H and O–H groups in total. The number of hydrogen-bond donors (Lipinski definition) is 2. The Kier molecular flexibility index (Phi) is 4.90. The lowest BCUT2D eigenvalue weighted by atomic mass is 10.1. The first-order chi connectivity index (χ1) is 10.0. The topological polar surface area (TPSA) is 59.0 Å². The van der Waals surface area contributed by atoms with Crippen molar-refractivity contribution in [3.05, 3.63) is 29.8 Å². The lowest BCUT2D eigenvalue weighted by molar-refractivity contribution is -0.124. The zero-order valence-electron chi connectivity index (χ0n) is 12.6. The summed E-state index contributed by atoms with van der Waals surface area (Å²) in [4.78, 5) is 16.1. The third kappa shape index (κ3) is 3.39. The summed E-state index contributed by atoms with van der Waals surface area (Å²) in [6.45, 7) is 3.01. The summed E-state index contributed by atoms with van der Waals surface area (Å²) in [5.41, 5.74) is 1.14. The Morgan fingerprint density at radius 1 is 1.48 bits per heavy atom. The SMILES string of the molecule is CNCC(C)C(=O)NCCc1nc2c(F)cccc2n1C. The normalized spacial score (nSPS) is 12.6. The van der Waals surface area contributed by atoms with Gasteiger partial charge in [0.05, 0.1) is 5.52 Å². The van der Waals surface area contributed by atoms with E-state index in [0.29, 0.717) is 25.0 Å². The standard InChI is InChI=1S/C15H21FN4O/c1-10(9-17-2)15(21)18-8-7-13-19-14-11(16)5-4-6-12(14)20(13)3/h4-6,10,17H,7-9H2,1-3H3,(H,18,21). The van der Waals surface area contributed by atoms with E-state index < -0.39 is 0 Å². The van der Waals surface area contributed by atoms with Crippen molar-refractivity contribution in [2.24, 2.45) is 13.0 Å². The molecule has 114 valence electrons. The molecule has 2 aromatic rings. The lowest BCUT2D eigenvalue weighted by Crippen LogP contribution is -2.35. The van der Waals surface area contributed by atoms with Gasteiger partial charge in [0.25, 0.3) is 0 Å². The van der Waals surface area contributed by atoms with Crippen LogP contribution in [0.2, 0.25) is 0 Å². The smallest absolute Gasteiger partial charge is 0.224 e. The van der Waals surface area contributed by atoms with Gasteiger partial charge in [-0.25, -0.2) is 9.37 Å². The maximum absolute atomic E-state index is 13.7. The van der Waals surface area contributed by atoms with E-state index in [1.165, 1.54) is 6.07 Å². The molecule has 0 aliphatic rings. The van der Waals surface area contributed by atoms with Crippen LogP contribution >= 0.6 is 0 Å². The predicted molar refractivity (Wildman–Crippen MR) is 80.5 cm³/mol. The van der Waals surface area contributed by atoms with Crippen molar-refractivity contribution in [3.8, 4) is 0 Å². The number of halogens is 1. The summed E-state index contributed by atoms with van der Waals surface area (Å²) in [6.07, 6.45) is 0.572. The van der Waals surface area contributed by atoms with E-state index in [1.54, 1.807) is 6.07 Å². The summed E-state index contributed by atoms with van der Waals surface area (Å²) in [5.74, 6) is 0.375. The quantitative estimate of drug-likeness (QED) is 0.842. The third-order valence-electron chi connectivity index (χ3n) is 3.56. The fourth-order valence-corrected chi connectivity index (χ4v) is 2.32. The zero-order chi connectivity index (χ0) is 15.4. The number of benzene rings is 1. The van der Waals surface area contributed by atoms with Crippen LogP contribution in [-0.4, -0.2) is 35.6 Å². The number of imidazole rings is 1. The van der Waals surface area contributed by atoms with Gasteiger partial charge in [0.1, 0.15) is 11.3 Å². The Morgan fingerprint density at radius 3 is 2.90 bits per heavy atom. The van der Waals surface area contributed by atoms with Gasteiger partial charge in [0, 0.05) is 32.5 Å². The van der Waals surface area contributed by atoms with Gasteiger partial charge in [-0.2, -0.15) is 0 Å². The van der Waals surface area contributed by atoms with Gasteiger partial charge in [-0.1, -0.05) is 13.0 Å². The summed E-state index contributed by atoms with van der Waals surface area (Å²) in [5, 5.41) is 5.85. The summed E-state index contributed by atoms with van der Waals surface area (Å²) < 4.78 is 15.5. The highest BCUT2D eigenvalue weighted by Gasteiger charge is 2.13. The number of aryl methyl sites for hydroxylation is 1. The maximum atomic E-state index is 13.7. The molecule has 0 saturated carbocycles. The van der Waals surface area contributed by atoms with E-state index in [1.807, 2.05) is 31.7 Å². The van der Waals surface area contributed by atoms with Crippen LogP contribution in [-0.2, 0) is 18.3 Å². The van der Waals surface area contributed by atoms with Crippen molar-refractivity contribution >= 4 is 16.9 Å². The average Bonchev–Trinajstić information content (AvgIpc) is 2.78. The average molecular weight is 292 g/mol. The van der Waals surface area contributed by atoms with Crippen LogP contribution in [0.25, 0.3) is 11.0 Å². The number of carbonyl (C=O) groups excluding carboxylic acids is 1. The second-order valence-corrected chi connectivity index (χ2v) is 5.19. The van der Waals surface area contributed by atoms with Gasteiger partial charge in [-0.3, -0.25) is 4.79 Å². The Labute approximate surface area is 123 Å². The molecule has 1 aromatic heterocycles. The van der Waals surface area contributed by atoms with Crippen LogP contribution in [0.5, 0.6) is 0 Å². The molecule has 0 spiro atoms. The molecule has 0 aliphatic carbocycles. The fourth-order valence-electron chi connectivity index (χ4n) is 2.32. The molecule has 0 saturated heterocycles. The summed E-state index contributed by atoms with van der Waals surface area (Å²) >= 11 is 0. The van der Waals surface area contributed by atoms with Crippen LogP contribution in [0.3, 0.4) is 0 Å². The minimum absolute atomic E-state index is 0.00861. The van der Waals surface area contributed by atoms with Crippen LogP contribution in [0.4, 0.5) is 4.39 Å². The van der Waals surface area contributed by atoms with Crippen LogP contribution in [0.1, 0.15) is 12.7 Å². The minimum Gasteiger partial charge on any atom is -0.355 e. The van der Waals surface area contributed by atoms with Gasteiger partial charge in [0.2, 0.25) is 5.91 Å². The van der Waals surface area contributed by atoms with Crippen LogP contribution in [0, 0.1) is 11.7 Å². The van der Waals surface area contributed by atoms with E-state index >= 15 is 0 Å². The molecule has 1 atom stereocenters. The van der Waals surface area contributed by atoms with Crippen molar-refractivity contribution in [3.63, 3.8) is 0 Å². The minimum atomic E-state index is -0.318. The molecule has 1 unspecified atom stereocenters. The number of rotatable bonds is 6. The van der Waals surface area contributed by atoms with E-state index in [2.05, 4.69) is 15.6 Å². The molecule has 1 aromatic carbocycles. The monoisotopic (exact) mass is 292 g/mol. The van der Waals surface area contributed by atoms with Gasteiger partial charge in [-0.05, 0) is 19.2 Å². The molecular formula is C15H21FN4O. The number of nitrogens with one attached hydrogen (secondary N) is 2. The Hall–Kier alpha value is -1.95. The molecule has 1 amide bonds. The van der Waals surface area contributed by atoms with Gasteiger partial charge < -0.3 is 15.2 Å². The highest BCUT2D eigenvalue weighted by Crippen LogP contribution is 2.17. The second-order valence-electron chi connectivity index (χ2n) is 5.19. The van der Waals surface area contributed by atoms with Crippen LogP contribution in [0.15, 0.2) is 18.2 Å². The van der Waals surface area contributed by atoms with E-state index in [0.717, 1.165) is 11.3 Å². The molecule has 21 heavy (non-hydrogen) atoms. The zero-order valence-corrected chi connectivity index (χ0v) is 12.6. The van der Waals surface area contributed by atoms with Gasteiger partial charge >= 0.3 is 0 Å². The van der Waals surface area contributed by atoms with Crippen molar-refractivity contribution in [2.45, 2.75) is 13.3 Å². The first-order valence-corrected chi connectivity index (χ1v) is 7.06. The highest BCUT2D eigenvalue weighted by molar-refractivity contribution is 5.78. The molecule has 0 aliphatic heterocycles. The molecule has 6 heteroatoms. The fraction of sp³-hybridized carbons (Fsp3) is 0.467. The summed E-state index contributed by atoms with van der Waals surface area (Å²) in [7, 11) is 3.67. The van der Waals surface area contributed by atoms with E-state index in [-0.39, 0.29) is 17.6 Å². The number of hydrogen-bond acceptors (Lipinski definition) is 3. The van der Waals surface area contributed by atoms with Crippen molar-refractivity contribution in [2.75, 3.05) is 20.1 Å². The van der Waals surface area contributed by atoms with Crippen molar-refractivity contribution in [1.82, 2.24) is 20.2 Å². The molecule has 0 radical (unpaired) electrons. The maximum Gasteiger partial charge on any atom is 0.224 e. The van der Waals surface area contributed by atoms with Crippen molar-refractivity contribution < 1.29 is 9.18 Å². The molecule has 5 nitrogen and oxygen atoms in total. The molecule has 0 bridgehead atoms.